The van der Waals surface area contributed by atoms with E-state index in [4.69, 9.17) is 4.74 Å². The standard InChI is InChI=1S/C14H17FN2O3/c1-2-20-12-5-3-9(7-10(12)15)8-16-14(19)11-4-6-13(18)17-11/h3,5,7,11H,2,4,6,8H2,1H3,(H,16,19)(H,17,18). The molecule has 1 aromatic rings. The molecule has 2 amide bonds. The van der Waals surface area contributed by atoms with Crippen LogP contribution in [0.2, 0.25) is 0 Å². The highest BCUT2D eigenvalue weighted by atomic mass is 19.1. The van der Waals surface area contributed by atoms with Crippen LogP contribution in [0, 0.1) is 5.82 Å². The molecule has 0 saturated carbocycles. The lowest BCUT2D eigenvalue weighted by Gasteiger charge is -2.11. The molecule has 0 aromatic heterocycles. The Balaban J connectivity index is 1.89. The monoisotopic (exact) mass is 280 g/mol. The number of carbonyl (C=O) groups excluding carboxylic acids is 2. The summed E-state index contributed by atoms with van der Waals surface area (Å²) in [6.45, 7) is 2.40. The van der Waals surface area contributed by atoms with E-state index in [-0.39, 0.29) is 24.1 Å². The van der Waals surface area contributed by atoms with Crippen molar-refractivity contribution >= 4 is 11.8 Å². The van der Waals surface area contributed by atoms with Crippen LogP contribution in [0.1, 0.15) is 25.3 Å². The zero-order chi connectivity index (χ0) is 14.5. The summed E-state index contributed by atoms with van der Waals surface area (Å²) in [6, 6.07) is 4.09. The predicted octanol–water partition coefficient (Wildman–Crippen LogP) is 1.12. The van der Waals surface area contributed by atoms with Crippen molar-refractivity contribution in [2.45, 2.75) is 32.4 Å². The van der Waals surface area contributed by atoms with Gasteiger partial charge in [0.15, 0.2) is 11.6 Å². The van der Waals surface area contributed by atoms with Gasteiger partial charge in [-0.05, 0) is 31.0 Å². The van der Waals surface area contributed by atoms with Gasteiger partial charge in [0, 0.05) is 13.0 Å². The molecule has 2 rings (SSSR count). The van der Waals surface area contributed by atoms with E-state index in [9.17, 15) is 14.0 Å². The van der Waals surface area contributed by atoms with Gasteiger partial charge >= 0.3 is 0 Å². The van der Waals surface area contributed by atoms with E-state index in [1.165, 1.54) is 12.1 Å². The SMILES string of the molecule is CCOc1ccc(CNC(=O)C2CCC(=O)N2)cc1F. The molecule has 1 unspecified atom stereocenters. The molecule has 0 radical (unpaired) electrons. The fourth-order valence-corrected chi connectivity index (χ4v) is 2.05. The van der Waals surface area contributed by atoms with E-state index in [1.54, 1.807) is 13.0 Å². The van der Waals surface area contributed by atoms with Gasteiger partial charge in [-0.25, -0.2) is 4.39 Å². The van der Waals surface area contributed by atoms with Gasteiger partial charge in [0.25, 0.3) is 0 Å². The summed E-state index contributed by atoms with van der Waals surface area (Å²) >= 11 is 0. The first-order valence-electron chi connectivity index (χ1n) is 6.58. The molecule has 2 N–H and O–H groups in total. The number of nitrogens with one attached hydrogen (secondary N) is 2. The Kier molecular flexibility index (Phi) is 4.55. The summed E-state index contributed by atoms with van der Waals surface area (Å²) in [4.78, 5) is 22.8. The number of hydrogen-bond acceptors (Lipinski definition) is 3. The molecule has 6 heteroatoms. The zero-order valence-electron chi connectivity index (χ0n) is 11.2. The number of benzene rings is 1. The predicted molar refractivity (Wildman–Crippen MR) is 70.6 cm³/mol. The zero-order valence-corrected chi connectivity index (χ0v) is 11.2. The third-order valence-electron chi connectivity index (χ3n) is 3.07. The lowest BCUT2D eigenvalue weighted by Crippen LogP contribution is -2.41. The van der Waals surface area contributed by atoms with Crippen LogP contribution in [-0.2, 0) is 16.1 Å². The van der Waals surface area contributed by atoms with Gasteiger partial charge in [0.1, 0.15) is 6.04 Å². The van der Waals surface area contributed by atoms with Crippen LogP contribution < -0.4 is 15.4 Å². The molecule has 0 spiro atoms. The Morgan fingerprint density at radius 3 is 2.95 bits per heavy atom. The second-order valence-corrected chi connectivity index (χ2v) is 4.57. The maximum absolute atomic E-state index is 13.6. The van der Waals surface area contributed by atoms with E-state index < -0.39 is 11.9 Å². The summed E-state index contributed by atoms with van der Waals surface area (Å²) in [5, 5.41) is 5.26. The molecule has 0 aliphatic carbocycles. The first-order chi connectivity index (χ1) is 9.60. The quantitative estimate of drug-likeness (QED) is 0.849. The minimum atomic E-state index is -0.477. The third kappa shape index (κ3) is 3.46. The van der Waals surface area contributed by atoms with Crippen LogP contribution in [-0.4, -0.2) is 24.5 Å². The van der Waals surface area contributed by atoms with Gasteiger partial charge in [-0.1, -0.05) is 6.07 Å². The normalized spacial score (nSPS) is 17.7. The van der Waals surface area contributed by atoms with Gasteiger partial charge in [-0.15, -0.1) is 0 Å². The van der Waals surface area contributed by atoms with Crippen LogP contribution in [0.15, 0.2) is 18.2 Å². The van der Waals surface area contributed by atoms with Gasteiger partial charge in [-0.2, -0.15) is 0 Å². The molecule has 0 bridgehead atoms. The molecule has 1 fully saturated rings. The largest absolute Gasteiger partial charge is 0.491 e. The Morgan fingerprint density at radius 2 is 2.35 bits per heavy atom. The molecule has 1 saturated heterocycles. The minimum absolute atomic E-state index is 0.114. The molecule has 1 atom stereocenters. The smallest absolute Gasteiger partial charge is 0.242 e. The second kappa shape index (κ2) is 6.36. The highest BCUT2D eigenvalue weighted by molar-refractivity contribution is 5.90. The van der Waals surface area contributed by atoms with Crippen molar-refractivity contribution in [1.82, 2.24) is 10.6 Å². The molecule has 1 heterocycles. The van der Waals surface area contributed by atoms with Crippen molar-refractivity contribution in [3.05, 3.63) is 29.6 Å². The maximum atomic E-state index is 13.6. The molecule has 1 aliphatic heterocycles. The lowest BCUT2D eigenvalue weighted by molar-refractivity contribution is -0.125. The Morgan fingerprint density at radius 1 is 1.55 bits per heavy atom. The Labute approximate surface area is 116 Å². The van der Waals surface area contributed by atoms with E-state index >= 15 is 0 Å². The van der Waals surface area contributed by atoms with Crippen molar-refractivity contribution in [2.24, 2.45) is 0 Å². The minimum Gasteiger partial charge on any atom is -0.491 e. The van der Waals surface area contributed by atoms with Gasteiger partial charge in [-0.3, -0.25) is 9.59 Å². The fourth-order valence-electron chi connectivity index (χ4n) is 2.05. The van der Waals surface area contributed by atoms with E-state index in [0.29, 0.717) is 25.0 Å². The van der Waals surface area contributed by atoms with Crippen LogP contribution in [0.5, 0.6) is 5.75 Å². The Bertz CT molecular complexity index is 519. The average Bonchev–Trinajstić information content (AvgIpc) is 2.86. The maximum Gasteiger partial charge on any atom is 0.242 e. The highest BCUT2D eigenvalue weighted by Gasteiger charge is 2.26. The van der Waals surface area contributed by atoms with Crippen LogP contribution >= 0.6 is 0 Å². The summed E-state index contributed by atoms with van der Waals surface area (Å²) in [7, 11) is 0. The van der Waals surface area contributed by atoms with Crippen molar-refractivity contribution in [3.8, 4) is 5.75 Å². The van der Waals surface area contributed by atoms with E-state index in [2.05, 4.69) is 10.6 Å². The topological polar surface area (TPSA) is 67.4 Å². The first-order valence-corrected chi connectivity index (χ1v) is 6.58. The number of carbonyl (C=O) groups is 2. The number of ether oxygens (including phenoxy) is 1. The highest BCUT2D eigenvalue weighted by Crippen LogP contribution is 2.18. The van der Waals surface area contributed by atoms with Gasteiger partial charge in [0.2, 0.25) is 11.8 Å². The van der Waals surface area contributed by atoms with Crippen molar-refractivity contribution in [2.75, 3.05) is 6.61 Å². The number of halogens is 1. The van der Waals surface area contributed by atoms with Crippen molar-refractivity contribution in [1.29, 1.82) is 0 Å². The second-order valence-electron chi connectivity index (χ2n) is 4.57. The third-order valence-corrected chi connectivity index (χ3v) is 3.07. The number of hydrogen-bond donors (Lipinski definition) is 2. The van der Waals surface area contributed by atoms with Crippen LogP contribution in [0.3, 0.4) is 0 Å². The van der Waals surface area contributed by atoms with Crippen LogP contribution in [0.25, 0.3) is 0 Å². The summed E-state index contributed by atoms with van der Waals surface area (Å²) in [5.74, 6) is -0.610. The van der Waals surface area contributed by atoms with Crippen molar-refractivity contribution in [3.63, 3.8) is 0 Å². The molecular weight excluding hydrogens is 263 g/mol. The molecule has 1 aromatic carbocycles. The summed E-state index contributed by atoms with van der Waals surface area (Å²) in [5.41, 5.74) is 0.642. The first kappa shape index (κ1) is 14.3. The fraction of sp³-hybridized carbons (Fsp3) is 0.429. The van der Waals surface area contributed by atoms with Crippen LogP contribution in [0.4, 0.5) is 4.39 Å². The average molecular weight is 280 g/mol. The van der Waals surface area contributed by atoms with Crippen molar-refractivity contribution < 1.29 is 18.7 Å². The summed E-state index contributed by atoms with van der Waals surface area (Å²) < 4.78 is 18.7. The molecule has 108 valence electrons. The van der Waals surface area contributed by atoms with E-state index in [1.807, 2.05) is 0 Å². The van der Waals surface area contributed by atoms with Gasteiger partial charge in [0.05, 0.1) is 6.61 Å². The Hall–Kier alpha value is -2.11. The molecule has 5 nitrogen and oxygen atoms in total. The molecule has 1 aliphatic rings. The molecular formula is C14H17FN2O3. The lowest BCUT2D eigenvalue weighted by atomic mass is 10.2. The number of rotatable bonds is 5. The van der Waals surface area contributed by atoms with E-state index in [0.717, 1.165) is 0 Å². The summed E-state index contributed by atoms with van der Waals surface area (Å²) in [6.07, 6.45) is 0.873. The van der Waals surface area contributed by atoms with Gasteiger partial charge < -0.3 is 15.4 Å². The molecule has 20 heavy (non-hydrogen) atoms. The number of amides is 2.